The lowest BCUT2D eigenvalue weighted by atomic mass is 10.1. The van der Waals surface area contributed by atoms with E-state index in [0.29, 0.717) is 17.7 Å². The number of anilines is 1. The van der Waals surface area contributed by atoms with Gasteiger partial charge in [-0.1, -0.05) is 13.8 Å². The first-order valence-corrected chi connectivity index (χ1v) is 8.26. The number of benzene rings is 2. The van der Waals surface area contributed by atoms with Crippen LogP contribution in [0, 0.1) is 21.8 Å². The van der Waals surface area contributed by atoms with Crippen LogP contribution in [0.4, 0.5) is 15.8 Å². The molecule has 0 aliphatic heterocycles. The van der Waals surface area contributed by atoms with Crippen LogP contribution < -0.4 is 10.1 Å². The molecule has 0 heterocycles. The van der Waals surface area contributed by atoms with Gasteiger partial charge in [0.05, 0.1) is 4.92 Å². The summed E-state index contributed by atoms with van der Waals surface area (Å²) in [5.41, 5.74) is 0.433. The number of Topliss-reactive ketones (excluding diaryl/α,β-unsaturated/α-hetero) is 1. The van der Waals surface area contributed by atoms with Gasteiger partial charge >= 0.3 is 5.69 Å². The van der Waals surface area contributed by atoms with Crippen LogP contribution in [0.2, 0.25) is 0 Å². The van der Waals surface area contributed by atoms with Crippen LogP contribution in [-0.2, 0) is 4.79 Å². The number of carbonyl (C=O) groups excluding carboxylic acids is 2. The molecule has 0 aliphatic carbocycles. The molecular formula is C19H19FN2O5. The fourth-order valence-corrected chi connectivity index (χ4v) is 2.30. The first-order valence-electron chi connectivity index (χ1n) is 8.26. The summed E-state index contributed by atoms with van der Waals surface area (Å²) in [7, 11) is 0. The Kier molecular flexibility index (Phi) is 6.59. The second-order valence-electron chi connectivity index (χ2n) is 6.30. The predicted octanol–water partition coefficient (Wildman–Crippen LogP) is 3.98. The topological polar surface area (TPSA) is 98.5 Å². The maximum absolute atomic E-state index is 13.3. The maximum atomic E-state index is 13.3. The second-order valence-corrected chi connectivity index (χ2v) is 6.30. The molecule has 0 aromatic heterocycles. The first kappa shape index (κ1) is 20.0. The fourth-order valence-electron chi connectivity index (χ4n) is 2.30. The van der Waals surface area contributed by atoms with E-state index in [1.54, 1.807) is 12.1 Å². The van der Waals surface area contributed by atoms with Crippen LogP contribution in [0.3, 0.4) is 0 Å². The highest BCUT2D eigenvalue weighted by Gasteiger charge is 2.17. The van der Waals surface area contributed by atoms with Crippen LogP contribution in [0.15, 0.2) is 42.5 Å². The molecule has 0 unspecified atom stereocenters. The number of nitrogens with one attached hydrogen (secondary N) is 1. The molecule has 0 aliphatic rings. The van der Waals surface area contributed by atoms with Crippen molar-refractivity contribution in [3.05, 3.63) is 64.0 Å². The van der Waals surface area contributed by atoms with Gasteiger partial charge in [-0.3, -0.25) is 19.7 Å². The van der Waals surface area contributed by atoms with Gasteiger partial charge in [-0.15, -0.1) is 0 Å². The monoisotopic (exact) mass is 374 g/mol. The zero-order chi connectivity index (χ0) is 20.0. The van der Waals surface area contributed by atoms with Crippen molar-refractivity contribution in [2.75, 3.05) is 11.9 Å². The average molecular weight is 374 g/mol. The van der Waals surface area contributed by atoms with Gasteiger partial charge in [-0.25, -0.2) is 4.39 Å². The SMILES string of the molecule is CC(C)CC(=O)Nc1ccc(C(=O)COc2cc(F)ccc2[N+](=O)[O-])cc1. The largest absolute Gasteiger partial charge is 0.478 e. The Labute approximate surface area is 155 Å². The third-order valence-corrected chi connectivity index (χ3v) is 3.56. The van der Waals surface area contributed by atoms with Gasteiger partial charge in [-0.2, -0.15) is 0 Å². The third-order valence-electron chi connectivity index (χ3n) is 3.56. The van der Waals surface area contributed by atoms with Crippen molar-refractivity contribution in [1.29, 1.82) is 0 Å². The maximum Gasteiger partial charge on any atom is 0.311 e. The summed E-state index contributed by atoms with van der Waals surface area (Å²) in [5, 5.41) is 13.6. The molecule has 0 atom stereocenters. The zero-order valence-electron chi connectivity index (χ0n) is 14.9. The van der Waals surface area contributed by atoms with E-state index in [1.807, 2.05) is 13.8 Å². The van der Waals surface area contributed by atoms with E-state index in [4.69, 9.17) is 4.74 Å². The molecule has 0 radical (unpaired) electrons. The van der Waals surface area contributed by atoms with Gasteiger partial charge in [-0.05, 0) is 36.2 Å². The summed E-state index contributed by atoms with van der Waals surface area (Å²) < 4.78 is 18.4. The number of nitrogens with zero attached hydrogens (tertiary/aromatic N) is 1. The Hall–Kier alpha value is -3.29. The van der Waals surface area contributed by atoms with E-state index < -0.39 is 28.8 Å². The minimum atomic E-state index is -0.714. The number of halogens is 1. The van der Waals surface area contributed by atoms with Crippen LogP contribution in [0.25, 0.3) is 0 Å². The van der Waals surface area contributed by atoms with Gasteiger partial charge in [0.2, 0.25) is 5.91 Å². The molecule has 7 nitrogen and oxygen atoms in total. The molecule has 2 aromatic carbocycles. The van der Waals surface area contributed by atoms with Gasteiger partial charge < -0.3 is 10.1 Å². The standard InChI is InChI=1S/C19H19FN2O5/c1-12(2)9-19(24)21-15-6-3-13(4-7-15)17(23)11-27-18-10-14(20)5-8-16(18)22(25)26/h3-8,10,12H,9,11H2,1-2H3,(H,21,24). The summed E-state index contributed by atoms with van der Waals surface area (Å²) in [4.78, 5) is 34.1. The zero-order valence-corrected chi connectivity index (χ0v) is 14.9. The van der Waals surface area contributed by atoms with E-state index in [1.165, 1.54) is 12.1 Å². The lowest BCUT2D eigenvalue weighted by Gasteiger charge is -2.09. The molecule has 0 bridgehead atoms. The highest BCUT2D eigenvalue weighted by Crippen LogP contribution is 2.27. The number of nitro groups is 1. The average Bonchev–Trinajstić information content (AvgIpc) is 2.59. The van der Waals surface area contributed by atoms with Crippen molar-refractivity contribution >= 4 is 23.1 Å². The molecule has 1 N–H and O–H groups in total. The van der Waals surface area contributed by atoms with Crippen molar-refractivity contribution in [2.45, 2.75) is 20.3 Å². The summed E-state index contributed by atoms with van der Waals surface area (Å²) in [5.74, 6) is -1.34. The van der Waals surface area contributed by atoms with Gasteiger partial charge in [0.25, 0.3) is 0 Å². The van der Waals surface area contributed by atoms with E-state index in [9.17, 15) is 24.1 Å². The molecule has 8 heteroatoms. The lowest BCUT2D eigenvalue weighted by molar-refractivity contribution is -0.385. The number of amides is 1. The molecule has 142 valence electrons. The van der Waals surface area contributed by atoms with Gasteiger partial charge in [0.15, 0.2) is 18.1 Å². The summed E-state index contributed by atoms with van der Waals surface area (Å²) in [6, 6.07) is 8.96. The second kappa shape index (κ2) is 8.88. The highest BCUT2D eigenvalue weighted by atomic mass is 19.1. The smallest absolute Gasteiger partial charge is 0.311 e. The van der Waals surface area contributed by atoms with Crippen molar-refractivity contribution in [3.63, 3.8) is 0 Å². The molecule has 1 amide bonds. The number of rotatable bonds is 8. The fraction of sp³-hybridized carbons (Fsp3) is 0.263. The van der Waals surface area contributed by atoms with Crippen LogP contribution >= 0.6 is 0 Å². The van der Waals surface area contributed by atoms with E-state index >= 15 is 0 Å². The minimum Gasteiger partial charge on any atom is -0.478 e. The van der Waals surface area contributed by atoms with Crippen molar-refractivity contribution in [3.8, 4) is 5.75 Å². The molecule has 27 heavy (non-hydrogen) atoms. The lowest BCUT2D eigenvalue weighted by Crippen LogP contribution is -2.15. The summed E-state index contributed by atoms with van der Waals surface area (Å²) >= 11 is 0. The molecule has 0 saturated carbocycles. The van der Waals surface area contributed by atoms with Crippen molar-refractivity contribution in [1.82, 2.24) is 0 Å². The van der Waals surface area contributed by atoms with Crippen molar-refractivity contribution < 1.29 is 23.6 Å². The quantitative estimate of drug-likeness (QED) is 0.428. The van der Waals surface area contributed by atoms with Crippen LogP contribution in [0.5, 0.6) is 5.75 Å². The third kappa shape index (κ3) is 5.88. The van der Waals surface area contributed by atoms with E-state index in [2.05, 4.69) is 5.32 Å². The Morgan fingerprint density at radius 2 is 1.85 bits per heavy atom. The molecular weight excluding hydrogens is 355 g/mol. The minimum absolute atomic E-state index is 0.120. The van der Waals surface area contributed by atoms with E-state index in [0.717, 1.165) is 18.2 Å². The Balaban J connectivity index is 2.00. The number of hydrogen-bond acceptors (Lipinski definition) is 5. The molecule has 0 fully saturated rings. The number of hydrogen-bond donors (Lipinski definition) is 1. The number of nitro benzene ring substituents is 1. The normalized spacial score (nSPS) is 10.5. The predicted molar refractivity (Wildman–Crippen MR) is 97.4 cm³/mol. The molecule has 0 saturated heterocycles. The van der Waals surface area contributed by atoms with Crippen LogP contribution in [0.1, 0.15) is 30.6 Å². The number of carbonyl (C=O) groups is 2. The first-order chi connectivity index (χ1) is 12.8. The molecule has 0 spiro atoms. The van der Waals surface area contributed by atoms with Gasteiger partial charge in [0, 0.05) is 29.8 Å². The summed E-state index contributed by atoms with van der Waals surface area (Å²) in [6.45, 7) is 3.39. The number of ether oxygens (including phenoxy) is 1. The van der Waals surface area contributed by atoms with E-state index in [-0.39, 0.29) is 17.6 Å². The Morgan fingerprint density at radius 3 is 2.44 bits per heavy atom. The van der Waals surface area contributed by atoms with Gasteiger partial charge in [0.1, 0.15) is 5.82 Å². The summed E-state index contributed by atoms with van der Waals surface area (Å²) in [6.07, 6.45) is 0.390. The van der Waals surface area contributed by atoms with Crippen LogP contribution in [-0.4, -0.2) is 23.2 Å². The Morgan fingerprint density at radius 1 is 1.19 bits per heavy atom. The molecule has 2 rings (SSSR count). The highest BCUT2D eigenvalue weighted by molar-refractivity contribution is 5.98. The van der Waals surface area contributed by atoms with Crippen molar-refractivity contribution in [2.24, 2.45) is 5.92 Å². The molecule has 2 aromatic rings. The Bertz CT molecular complexity index is 850. The number of ketones is 1.